The van der Waals surface area contributed by atoms with Gasteiger partial charge in [0.25, 0.3) is 5.91 Å². The first-order chi connectivity index (χ1) is 9.09. The smallest absolute Gasteiger partial charge is 0.272 e. The molecule has 96 valence electrons. The van der Waals surface area contributed by atoms with Crippen molar-refractivity contribution in [2.24, 2.45) is 0 Å². The van der Waals surface area contributed by atoms with E-state index in [4.69, 9.17) is 5.73 Å². The molecule has 2 heterocycles. The van der Waals surface area contributed by atoms with Crippen molar-refractivity contribution in [3.05, 3.63) is 51.8 Å². The second kappa shape index (κ2) is 4.24. The van der Waals surface area contributed by atoms with Gasteiger partial charge in [-0.2, -0.15) is 0 Å². The third kappa shape index (κ3) is 1.76. The van der Waals surface area contributed by atoms with Crippen molar-refractivity contribution >= 4 is 33.8 Å². The molecule has 3 rings (SSSR count). The number of thiophene rings is 1. The lowest BCUT2D eigenvalue weighted by atomic mass is 10.2. The molecule has 3 nitrogen and oxygen atoms in total. The zero-order valence-corrected chi connectivity index (χ0v) is 11.6. The number of aromatic nitrogens is 1. The molecule has 0 unspecified atom stereocenters. The Labute approximate surface area is 115 Å². The van der Waals surface area contributed by atoms with E-state index in [1.165, 1.54) is 11.3 Å². The molecule has 1 aromatic carbocycles. The maximum Gasteiger partial charge on any atom is 0.272 e. The second-order valence-electron chi connectivity index (χ2n) is 4.64. The van der Waals surface area contributed by atoms with Gasteiger partial charge in [-0.15, -0.1) is 11.3 Å². The van der Waals surface area contributed by atoms with Crippen LogP contribution in [0.3, 0.4) is 0 Å². The van der Waals surface area contributed by atoms with E-state index in [0.717, 1.165) is 27.0 Å². The number of rotatable bonds is 1. The molecular formula is C15H14N2OS. The van der Waals surface area contributed by atoms with E-state index in [2.05, 4.69) is 0 Å². The molecule has 0 radical (unpaired) electrons. The van der Waals surface area contributed by atoms with Gasteiger partial charge in [0.15, 0.2) is 0 Å². The highest BCUT2D eigenvalue weighted by molar-refractivity contribution is 7.12. The van der Waals surface area contributed by atoms with E-state index >= 15 is 0 Å². The molecular weight excluding hydrogens is 256 g/mol. The highest BCUT2D eigenvalue weighted by Gasteiger charge is 2.18. The average molecular weight is 270 g/mol. The molecule has 19 heavy (non-hydrogen) atoms. The lowest BCUT2D eigenvalue weighted by molar-refractivity contribution is 0.0966. The summed E-state index contributed by atoms with van der Waals surface area (Å²) in [6, 6.07) is 9.59. The molecule has 3 aromatic rings. The van der Waals surface area contributed by atoms with Crippen molar-refractivity contribution in [1.29, 1.82) is 0 Å². The molecule has 2 N–H and O–H groups in total. The number of carbonyl (C=O) groups is 1. The highest BCUT2D eigenvalue weighted by atomic mass is 32.1. The molecule has 0 bridgehead atoms. The van der Waals surface area contributed by atoms with Crippen LogP contribution in [0.4, 0.5) is 5.69 Å². The predicted octanol–water partition coefficient (Wildman–Crippen LogP) is 3.59. The van der Waals surface area contributed by atoms with Crippen molar-refractivity contribution in [3.63, 3.8) is 0 Å². The first-order valence-corrected chi connectivity index (χ1v) is 6.93. The number of benzene rings is 1. The molecule has 0 fully saturated rings. The number of nitrogens with two attached hydrogens (primary N) is 1. The average Bonchev–Trinajstić information content (AvgIpc) is 2.93. The minimum Gasteiger partial charge on any atom is -0.398 e. The third-order valence-corrected chi connectivity index (χ3v) is 4.33. The second-order valence-corrected chi connectivity index (χ2v) is 5.56. The van der Waals surface area contributed by atoms with Gasteiger partial charge < -0.3 is 5.73 Å². The quantitative estimate of drug-likeness (QED) is 0.687. The zero-order valence-electron chi connectivity index (χ0n) is 10.8. The minimum atomic E-state index is 0.0191. The standard InChI is InChI=1S/C15H14N2OS/c1-9-6-7-19-14(9)15(18)17-10(2)8-11-12(16)4-3-5-13(11)17/h3-8H,16H2,1-2H3. The van der Waals surface area contributed by atoms with Crippen molar-refractivity contribution in [2.45, 2.75) is 13.8 Å². The molecule has 0 aliphatic heterocycles. The van der Waals surface area contributed by atoms with Crippen molar-refractivity contribution in [3.8, 4) is 0 Å². The van der Waals surface area contributed by atoms with Gasteiger partial charge in [-0.1, -0.05) is 6.07 Å². The van der Waals surface area contributed by atoms with Crippen molar-refractivity contribution < 1.29 is 4.79 Å². The number of hydrogen-bond acceptors (Lipinski definition) is 3. The van der Waals surface area contributed by atoms with Crippen LogP contribution in [-0.4, -0.2) is 10.5 Å². The summed E-state index contributed by atoms with van der Waals surface area (Å²) >= 11 is 1.48. The summed E-state index contributed by atoms with van der Waals surface area (Å²) in [4.78, 5) is 13.4. The van der Waals surface area contributed by atoms with Gasteiger partial charge in [-0.3, -0.25) is 9.36 Å². The lowest BCUT2D eigenvalue weighted by Crippen LogP contribution is -2.12. The van der Waals surface area contributed by atoms with E-state index in [1.54, 1.807) is 4.57 Å². The number of nitrogen functional groups attached to an aromatic ring is 1. The highest BCUT2D eigenvalue weighted by Crippen LogP contribution is 2.27. The molecule has 0 atom stereocenters. The Morgan fingerprint density at radius 3 is 2.74 bits per heavy atom. The monoisotopic (exact) mass is 270 g/mol. The number of fused-ring (bicyclic) bond motifs is 1. The number of carbonyl (C=O) groups excluding carboxylic acids is 1. The fourth-order valence-corrected chi connectivity index (χ4v) is 3.20. The van der Waals surface area contributed by atoms with Gasteiger partial charge in [0.1, 0.15) is 0 Å². The van der Waals surface area contributed by atoms with Crippen LogP contribution >= 0.6 is 11.3 Å². The number of hydrogen-bond donors (Lipinski definition) is 1. The Morgan fingerprint density at radius 1 is 1.26 bits per heavy atom. The Kier molecular flexibility index (Phi) is 2.68. The Balaban J connectivity index is 2.26. The fourth-order valence-electron chi connectivity index (χ4n) is 2.35. The van der Waals surface area contributed by atoms with Crippen LogP contribution in [0.25, 0.3) is 10.9 Å². The maximum absolute atomic E-state index is 12.7. The Hall–Kier alpha value is -2.07. The third-order valence-electron chi connectivity index (χ3n) is 3.32. The van der Waals surface area contributed by atoms with Crippen LogP contribution in [0.5, 0.6) is 0 Å². The molecule has 4 heteroatoms. The van der Waals surface area contributed by atoms with Crippen molar-refractivity contribution in [2.75, 3.05) is 5.73 Å². The molecule has 2 aromatic heterocycles. The minimum absolute atomic E-state index is 0.0191. The number of anilines is 1. The Bertz CT molecular complexity index is 783. The number of nitrogens with zero attached hydrogens (tertiary/aromatic N) is 1. The van der Waals surface area contributed by atoms with E-state index in [1.807, 2.05) is 49.6 Å². The SMILES string of the molecule is Cc1ccsc1C(=O)n1c(C)cc2c(N)cccc21. The summed E-state index contributed by atoms with van der Waals surface area (Å²) in [6.07, 6.45) is 0. The van der Waals surface area contributed by atoms with E-state index in [0.29, 0.717) is 5.69 Å². The molecule has 0 aliphatic rings. The summed E-state index contributed by atoms with van der Waals surface area (Å²) in [5.41, 5.74) is 9.46. The summed E-state index contributed by atoms with van der Waals surface area (Å²) in [7, 11) is 0. The van der Waals surface area contributed by atoms with Gasteiger partial charge in [0, 0.05) is 16.8 Å². The summed E-state index contributed by atoms with van der Waals surface area (Å²) < 4.78 is 1.74. The fraction of sp³-hybridized carbons (Fsp3) is 0.133. The van der Waals surface area contributed by atoms with Crippen LogP contribution in [0, 0.1) is 13.8 Å². The van der Waals surface area contributed by atoms with Crippen LogP contribution in [0.1, 0.15) is 20.9 Å². The van der Waals surface area contributed by atoms with Crippen LogP contribution in [0.2, 0.25) is 0 Å². The first-order valence-electron chi connectivity index (χ1n) is 6.05. The largest absolute Gasteiger partial charge is 0.398 e. The van der Waals surface area contributed by atoms with Gasteiger partial charge in [-0.25, -0.2) is 0 Å². The lowest BCUT2D eigenvalue weighted by Gasteiger charge is -2.06. The van der Waals surface area contributed by atoms with Crippen LogP contribution in [0.15, 0.2) is 35.7 Å². The summed E-state index contributed by atoms with van der Waals surface area (Å²) in [5, 5.41) is 2.88. The van der Waals surface area contributed by atoms with Gasteiger partial charge >= 0.3 is 0 Å². The molecule has 0 saturated carbocycles. The summed E-state index contributed by atoms with van der Waals surface area (Å²) in [6.45, 7) is 3.89. The van der Waals surface area contributed by atoms with E-state index in [9.17, 15) is 4.79 Å². The van der Waals surface area contributed by atoms with Crippen LogP contribution in [-0.2, 0) is 0 Å². The predicted molar refractivity (Wildman–Crippen MR) is 79.9 cm³/mol. The topological polar surface area (TPSA) is 48.0 Å². The molecule has 0 aliphatic carbocycles. The first kappa shape index (κ1) is 12.0. The molecule has 0 amide bonds. The molecule has 0 saturated heterocycles. The Morgan fingerprint density at radius 2 is 2.05 bits per heavy atom. The van der Waals surface area contributed by atoms with E-state index in [-0.39, 0.29) is 5.91 Å². The maximum atomic E-state index is 12.7. The van der Waals surface area contributed by atoms with Gasteiger partial charge in [-0.05, 0) is 49.1 Å². The zero-order chi connectivity index (χ0) is 13.6. The van der Waals surface area contributed by atoms with Gasteiger partial charge in [0.2, 0.25) is 0 Å². The van der Waals surface area contributed by atoms with E-state index < -0.39 is 0 Å². The molecule has 0 spiro atoms. The van der Waals surface area contributed by atoms with Crippen LogP contribution < -0.4 is 5.73 Å². The van der Waals surface area contributed by atoms with Gasteiger partial charge in [0.05, 0.1) is 10.4 Å². The summed E-state index contributed by atoms with van der Waals surface area (Å²) in [5.74, 6) is 0.0191. The van der Waals surface area contributed by atoms with Crippen molar-refractivity contribution in [1.82, 2.24) is 4.57 Å². The number of aryl methyl sites for hydroxylation is 2. The normalized spacial score (nSPS) is 11.1.